The van der Waals surface area contributed by atoms with Crippen LogP contribution in [0.5, 0.6) is 0 Å². The van der Waals surface area contributed by atoms with Crippen LogP contribution in [-0.2, 0) is 17.5 Å². The molecule has 0 aliphatic carbocycles. The number of likely N-dealkylation sites (tertiary alicyclic amines) is 1. The van der Waals surface area contributed by atoms with Gasteiger partial charge in [0.15, 0.2) is 0 Å². The number of carbonyl (C=O) groups is 1. The highest BCUT2D eigenvalue weighted by molar-refractivity contribution is 6.33. The minimum absolute atomic E-state index is 0.0721. The van der Waals surface area contributed by atoms with Crippen LogP contribution >= 0.6 is 11.6 Å². The van der Waals surface area contributed by atoms with Crippen molar-refractivity contribution in [3.63, 3.8) is 0 Å². The van der Waals surface area contributed by atoms with Gasteiger partial charge in [-0.3, -0.25) is 4.79 Å². The number of carbonyl (C=O) groups excluding carboxylic acids is 1. The van der Waals surface area contributed by atoms with Crippen molar-refractivity contribution in [2.24, 2.45) is 0 Å². The Morgan fingerprint density at radius 3 is 2.70 bits per heavy atom. The van der Waals surface area contributed by atoms with E-state index >= 15 is 0 Å². The number of hydrogen-bond acceptors (Lipinski definition) is 2. The van der Waals surface area contributed by atoms with Crippen LogP contribution in [0.4, 0.5) is 13.2 Å². The molecule has 1 saturated heterocycles. The zero-order valence-corrected chi connectivity index (χ0v) is 15.3. The van der Waals surface area contributed by atoms with E-state index in [0.29, 0.717) is 29.2 Å². The van der Waals surface area contributed by atoms with Gasteiger partial charge in [-0.2, -0.15) is 13.2 Å². The quantitative estimate of drug-likeness (QED) is 0.711. The smallest absolute Gasteiger partial charge is 0.372 e. The maximum Gasteiger partial charge on any atom is 0.416 e. The van der Waals surface area contributed by atoms with Gasteiger partial charge in [-0.15, -0.1) is 0 Å². The largest absolute Gasteiger partial charge is 0.416 e. The average molecular weight is 398 g/mol. The molecule has 144 valence electrons. The fourth-order valence-electron chi connectivity index (χ4n) is 3.12. The highest BCUT2D eigenvalue weighted by atomic mass is 35.5. The molecular weight excluding hydrogens is 379 g/mol. The number of rotatable bonds is 4. The Hall–Kier alpha value is -2.05. The van der Waals surface area contributed by atoms with E-state index in [9.17, 15) is 18.0 Å². The molecule has 3 nitrogen and oxygen atoms in total. The van der Waals surface area contributed by atoms with Crippen LogP contribution in [0.15, 0.2) is 48.5 Å². The first kappa shape index (κ1) is 19.7. The first-order chi connectivity index (χ1) is 12.8. The molecule has 1 atom stereocenters. The Morgan fingerprint density at radius 1 is 1.19 bits per heavy atom. The predicted octanol–water partition coefficient (Wildman–Crippen LogP) is 5.18. The average Bonchev–Trinajstić information content (AvgIpc) is 2.66. The third-order valence-corrected chi connectivity index (χ3v) is 4.84. The fraction of sp³-hybridized carbons (Fsp3) is 0.350. The molecule has 2 aromatic carbocycles. The molecule has 1 aliphatic rings. The molecule has 2 aromatic rings. The standard InChI is InChI=1S/C20H19ClF3NO2/c21-18-9-2-1-8-17(18)19(26)25-10-4-7-16(12-25)27-13-14-5-3-6-15(11-14)20(22,23)24/h1-3,5-6,8-9,11,16H,4,7,10,12-13H2/t16-/m0/s1. The van der Waals surface area contributed by atoms with Gasteiger partial charge in [0.1, 0.15) is 0 Å². The van der Waals surface area contributed by atoms with Crippen molar-refractivity contribution in [3.8, 4) is 0 Å². The van der Waals surface area contributed by atoms with Crippen LogP contribution in [0.1, 0.15) is 34.3 Å². The molecule has 0 saturated carbocycles. The second-order valence-corrected chi connectivity index (χ2v) is 6.91. The summed E-state index contributed by atoms with van der Waals surface area (Å²) in [5, 5.41) is 0.398. The van der Waals surface area contributed by atoms with Crippen molar-refractivity contribution in [3.05, 3.63) is 70.2 Å². The number of piperidine rings is 1. The van der Waals surface area contributed by atoms with Crippen molar-refractivity contribution in [1.82, 2.24) is 4.90 Å². The Kier molecular flexibility index (Phi) is 6.07. The highest BCUT2D eigenvalue weighted by Gasteiger charge is 2.30. The van der Waals surface area contributed by atoms with E-state index in [0.717, 1.165) is 25.0 Å². The lowest BCUT2D eigenvalue weighted by Crippen LogP contribution is -2.43. The van der Waals surface area contributed by atoms with Crippen LogP contribution in [0.3, 0.4) is 0 Å². The lowest BCUT2D eigenvalue weighted by molar-refractivity contribution is -0.137. The molecule has 0 spiro atoms. The third-order valence-electron chi connectivity index (χ3n) is 4.51. The summed E-state index contributed by atoms with van der Waals surface area (Å²) in [5.74, 6) is -0.159. The summed E-state index contributed by atoms with van der Waals surface area (Å²) in [7, 11) is 0. The van der Waals surface area contributed by atoms with Crippen molar-refractivity contribution in [1.29, 1.82) is 0 Å². The van der Waals surface area contributed by atoms with Gasteiger partial charge in [-0.25, -0.2) is 0 Å². The van der Waals surface area contributed by atoms with Gasteiger partial charge in [0.05, 0.1) is 28.9 Å². The lowest BCUT2D eigenvalue weighted by atomic mass is 10.1. The van der Waals surface area contributed by atoms with E-state index in [4.69, 9.17) is 16.3 Å². The number of ether oxygens (including phenoxy) is 1. The number of benzene rings is 2. The molecule has 27 heavy (non-hydrogen) atoms. The maximum absolute atomic E-state index is 12.8. The fourth-order valence-corrected chi connectivity index (χ4v) is 3.33. The van der Waals surface area contributed by atoms with Gasteiger partial charge in [0.25, 0.3) is 5.91 Å². The summed E-state index contributed by atoms with van der Waals surface area (Å²) >= 11 is 6.10. The minimum atomic E-state index is -4.38. The van der Waals surface area contributed by atoms with Crippen molar-refractivity contribution in [2.45, 2.75) is 31.7 Å². The third kappa shape index (κ3) is 5.02. The maximum atomic E-state index is 12.8. The van der Waals surface area contributed by atoms with Crippen LogP contribution in [0.2, 0.25) is 5.02 Å². The van der Waals surface area contributed by atoms with Gasteiger partial charge in [-0.05, 0) is 42.7 Å². The molecule has 0 unspecified atom stereocenters. The summed E-state index contributed by atoms with van der Waals surface area (Å²) in [5.41, 5.74) is 0.208. The highest BCUT2D eigenvalue weighted by Crippen LogP contribution is 2.30. The number of alkyl halides is 3. The van der Waals surface area contributed by atoms with E-state index in [1.807, 2.05) is 0 Å². The van der Waals surface area contributed by atoms with Gasteiger partial charge in [-0.1, -0.05) is 35.9 Å². The Morgan fingerprint density at radius 2 is 1.96 bits per heavy atom. The summed E-state index contributed by atoms with van der Waals surface area (Å²) in [6.45, 7) is 1.07. The molecule has 0 N–H and O–H groups in total. The summed E-state index contributed by atoms with van der Waals surface area (Å²) in [6.07, 6.45) is -3.08. The number of hydrogen-bond donors (Lipinski definition) is 0. The Bertz CT molecular complexity index is 810. The molecular formula is C20H19ClF3NO2. The predicted molar refractivity (Wildman–Crippen MR) is 96.6 cm³/mol. The lowest BCUT2D eigenvalue weighted by Gasteiger charge is -2.33. The van der Waals surface area contributed by atoms with Gasteiger partial charge in [0, 0.05) is 13.1 Å². The molecule has 3 rings (SSSR count). The second-order valence-electron chi connectivity index (χ2n) is 6.50. The Balaban J connectivity index is 1.61. The zero-order chi connectivity index (χ0) is 19.4. The molecule has 1 fully saturated rings. The number of nitrogens with zero attached hydrogens (tertiary/aromatic N) is 1. The van der Waals surface area contributed by atoms with E-state index in [1.165, 1.54) is 6.07 Å². The SMILES string of the molecule is O=C(c1ccccc1Cl)N1CCC[C@H](OCc2cccc(C(F)(F)F)c2)C1. The minimum Gasteiger partial charge on any atom is -0.372 e. The van der Waals surface area contributed by atoms with Gasteiger partial charge < -0.3 is 9.64 Å². The van der Waals surface area contributed by atoms with Gasteiger partial charge >= 0.3 is 6.18 Å². The van der Waals surface area contributed by atoms with Crippen molar-refractivity contribution >= 4 is 17.5 Å². The summed E-state index contributed by atoms with van der Waals surface area (Å²) < 4.78 is 44.2. The molecule has 7 heteroatoms. The first-order valence-corrected chi connectivity index (χ1v) is 9.04. The first-order valence-electron chi connectivity index (χ1n) is 8.66. The van der Waals surface area contributed by atoms with E-state index in [2.05, 4.69) is 0 Å². The van der Waals surface area contributed by atoms with Crippen LogP contribution in [-0.4, -0.2) is 30.0 Å². The Labute approximate surface area is 160 Å². The molecule has 1 heterocycles. The molecule has 0 bridgehead atoms. The van der Waals surface area contributed by atoms with Crippen molar-refractivity contribution < 1.29 is 22.7 Å². The molecule has 1 amide bonds. The van der Waals surface area contributed by atoms with Crippen LogP contribution in [0.25, 0.3) is 0 Å². The normalized spacial score (nSPS) is 17.8. The zero-order valence-electron chi connectivity index (χ0n) is 14.5. The van der Waals surface area contributed by atoms with Crippen LogP contribution in [0, 0.1) is 0 Å². The molecule has 0 radical (unpaired) electrons. The van der Waals surface area contributed by atoms with Crippen molar-refractivity contribution in [2.75, 3.05) is 13.1 Å². The van der Waals surface area contributed by atoms with Gasteiger partial charge in [0.2, 0.25) is 0 Å². The van der Waals surface area contributed by atoms with E-state index in [1.54, 1.807) is 35.2 Å². The molecule has 0 aromatic heterocycles. The van der Waals surface area contributed by atoms with E-state index in [-0.39, 0.29) is 18.6 Å². The monoisotopic (exact) mass is 397 g/mol. The number of halogens is 4. The number of amides is 1. The molecule has 1 aliphatic heterocycles. The summed E-state index contributed by atoms with van der Waals surface area (Å²) in [4.78, 5) is 14.3. The second kappa shape index (κ2) is 8.31. The topological polar surface area (TPSA) is 29.5 Å². The van der Waals surface area contributed by atoms with Crippen LogP contribution < -0.4 is 0 Å². The van der Waals surface area contributed by atoms with E-state index < -0.39 is 11.7 Å². The summed E-state index contributed by atoms with van der Waals surface area (Å²) in [6, 6.07) is 12.0.